The van der Waals surface area contributed by atoms with E-state index in [0.29, 0.717) is 0 Å². The molecule has 1 heterocycles. The summed E-state index contributed by atoms with van der Waals surface area (Å²) in [6, 6.07) is 1.53. The van der Waals surface area contributed by atoms with Crippen molar-refractivity contribution in [1.82, 2.24) is 0 Å². The Kier molecular flexibility index (Phi) is 6.21. The van der Waals surface area contributed by atoms with Crippen LogP contribution >= 0.6 is 11.3 Å². The highest BCUT2D eigenvalue weighted by Crippen LogP contribution is 2.36. The molecule has 0 saturated heterocycles. The van der Waals surface area contributed by atoms with Crippen LogP contribution in [-0.2, 0) is 21.9 Å². The minimum Gasteiger partial charge on any atom is -0.452 e. The number of alkyl halides is 6. The van der Waals surface area contributed by atoms with Gasteiger partial charge < -0.3 is 15.8 Å². The van der Waals surface area contributed by atoms with Crippen LogP contribution in [-0.4, -0.2) is 24.4 Å². The van der Waals surface area contributed by atoms with Gasteiger partial charge in [0.25, 0.3) is 11.8 Å². The Labute approximate surface area is 162 Å². The van der Waals surface area contributed by atoms with Crippen LogP contribution < -0.4 is 11.1 Å². The van der Waals surface area contributed by atoms with Crippen LogP contribution in [0, 0.1) is 0 Å². The molecule has 0 bridgehead atoms. The highest BCUT2D eigenvalue weighted by Gasteiger charge is 2.37. The van der Waals surface area contributed by atoms with Gasteiger partial charge in [0.1, 0.15) is 5.00 Å². The molecule has 0 spiro atoms. The van der Waals surface area contributed by atoms with Crippen molar-refractivity contribution in [2.75, 3.05) is 11.9 Å². The molecule has 0 atom stereocenters. The number of carbonyl (C=O) groups is 3. The topological polar surface area (TPSA) is 98.5 Å². The maximum absolute atomic E-state index is 12.8. The van der Waals surface area contributed by atoms with Crippen LogP contribution in [0.4, 0.5) is 31.3 Å². The van der Waals surface area contributed by atoms with Crippen LogP contribution in [0.25, 0.3) is 0 Å². The summed E-state index contributed by atoms with van der Waals surface area (Å²) in [7, 11) is 0. The van der Waals surface area contributed by atoms with Gasteiger partial charge in [0, 0.05) is 0 Å². The summed E-state index contributed by atoms with van der Waals surface area (Å²) in [5, 5.41) is 3.66. The minimum absolute atomic E-state index is 0.0256. The standard InChI is InChI=1S/C16H10F6N2O4S/c17-15(18,19)8-3-7(4-9(5-8)16(20,21)22)14(27)28-6-11(25)24-13-10(12(23)26)1-2-29-13/h1-5H,6H2,(H2,23,26)(H,24,25). The van der Waals surface area contributed by atoms with Crippen molar-refractivity contribution in [1.29, 1.82) is 0 Å². The molecule has 0 aliphatic rings. The van der Waals surface area contributed by atoms with E-state index in [1.807, 2.05) is 0 Å². The van der Waals surface area contributed by atoms with E-state index in [1.54, 1.807) is 0 Å². The molecule has 13 heteroatoms. The fourth-order valence-electron chi connectivity index (χ4n) is 2.05. The molecule has 1 aromatic carbocycles. The van der Waals surface area contributed by atoms with Gasteiger partial charge in [-0.25, -0.2) is 4.79 Å². The number of hydrogen-bond donors (Lipinski definition) is 2. The van der Waals surface area contributed by atoms with Gasteiger partial charge >= 0.3 is 18.3 Å². The first-order valence-electron chi connectivity index (χ1n) is 7.43. The summed E-state index contributed by atoms with van der Waals surface area (Å²) >= 11 is 0.923. The van der Waals surface area contributed by atoms with Crippen molar-refractivity contribution >= 4 is 34.1 Å². The Balaban J connectivity index is 2.15. The molecule has 0 unspecified atom stereocenters. The Morgan fingerprint density at radius 2 is 1.55 bits per heavy atom. The number of anilines is 1. The van der Waals surface area contributed by atoms with Crippen molar-refractivity contribution in [2.24, 2.45) is 5.73 Å². The number of halogens is 6. The van der Waals surface area contributed by atoms with Crippen molar-refractivity contribution < 1.29 is 45.5 Å². The third-order valence-corrected chi connectivity index (χ3v) is 4.17. The first-order valence-corrected chi connectivity index (χ1v) is 8.30. The zero-order valence-corrected chi connectivity index (χ0v) is 14.8. The SMILES string of the molecule is NC(=O)c1ccsc1NC(=O)COC(=O)c1cc(C(F)(F)F)cc(C(F)(F)F)c1. The molecule has 0 fully saturated rings. The molecule has 29 heavy (non-hydrogen) atoms. The highest BCUT2D eigenvalue weighted by molar-refractivity contribution is 7.14. The smallest absolute Gasteiger partial charge is 0.416 e. The molecule has 2 amide bonds. The molecule has 0 aliphatic heterocycles. The lowest BCUT2D eigenvalue weighted by molar-refractivity contribution is -0.143. The number of thiophene rings is 1. The predicted molar refractivity (Wildman–Crippen MR) is 88.2 cm³/mol. The molecule has 1 aromatic heterocycles. The van der Waals surface area contributed by atoms with Crippen LogP contribution in [0.5, 0.6) is 0 Å². The first kappa shape index (κ1) is 22.2. The summed E-state index contributed by atoms with van der Waals surface area (Å²) in [4.78, 5) is 34.8. The first-order chi connectivity index (χ1) is 13.3. The second-order valence-electron chi connectivity index (χ2n) is 5.45. The molecular formula is C16H10F6N2O4S. The number of nitrogens with one attached hydrogen (secondary N) is 1. The molecule has 0 aliphatic carbocycles. The van der Waals surface area contributed by atoms with Crippen LogP contribution in [0.1, 0.15) is 31.8 Å². The number of primary amides is 1. The highest BCUT2D eigenvalue weighted by atomic mass is 32.1. The van der Waals surface area contributed by atoms with Gasteiger partial charge in [0.2, 0.25) is 0 Å². The normalized spacial score (nSPS) is 11.8. The Bertz CT molecular complexity index is 919. The summed E-state index contributed by atoms with van der Waals surface area (Å²) in [6.45, 7) is -1.02. The zero-order valence-electron chi connectivity index (χ0n) is 14.0. The van der Waals surface area contributed by atoms with E-state index in [2.05, 4.69) is 10.1 Å². The van der Waals surface area contributed by atoms with E-state index in [4.69, 9.17) is 5.73 Å². The van der Waals surface area contributed by atoms with Gasteiger partial charge in [0.05, 0.1) is 22.3 Å². The third kappa shape index (κ3) is 5.70. The summed E-state index contributed by atoms with van der Waals surface area (Å²) in [5.41, 5.74) is 0.619. The molecule has 2 aromatic rings. The second kappa shape index (κ2) is 8.11. The van der Waals surface area contributed by atoms with Gasteiger partial charge in [-0.2, -0.15) is 26.3 Å². The number of rotatable bonds is 5. The number of ether oxygens (including phenoxy) is 1. The van der Waals surface area contributed by atoms with E-state index < -0.39 is 53.4 Å². The van der Waals surface area contributed by atoms with Gasteiger partial charge in [-0.3, -0.25) is 9.59 Å². The quantitative estimate of drug-likeness (QED) is 0.548. The van der Waals surface area contributed by atoms with Crippen LogP contribution in [0.2, 0.25) is 0 Å². The number of esters is 1. The van der Waals surface area contributed by atoms with Crippen molar-refractivity contribution in [3.05, 3.63) is 51.9 Å². The average molecular weight is 440 g/mol. The maximum atomic E-state index is 12.8. The Morgan fingerprint density at radius 3 is 2.03 bits per heavy atom. The molecule has 156 valence electrons. The molecule has 6 nitrogen and oxygen atoms in total. The van der Waals surface area contributed by atoms with E-state index >= 15 is 0 Å². The minimum atomic E-state index is -5.14. The lowest BCUT2D eigenvalue weighted by atomic mass is 10.0. The second-order valence-corrected chi connectivity index (χ2v) is 6.36. The van der Waals surface area contributed by atoms with Crippen molar-refractivity contribution in [3.8, 4) is 0 Å². The van der Waals surface area contributed by atoms with Crippen LogP contribution in [0.3, 0.4) is 0 Å². The Morgan fingerprint density at radius 1 is 1.00 bits per heavy atom. The third-order valence-electron chi connectivity index (χ3n) is 3.34. The molecule has 0 radical (unpaired) electrons. The van der Waals surface area contributed by atoms with Crippen LogP contribution in [0.15, 0.2) is 29.6 Å². The lowest BCUT2D eigenvalue weighted by Gasteiger charge is -2.14. The molecule has 0 saturated carbocycles. The van der Waals surface area contributed by atoms with Gasteiger partial charge in [-0.05, 0) is 29.6 Å². The van der Waals surface area contributed by atoms with E-state index in [0.717, 1.165) is 11.3 Å². The van der Waals surface area contributed by atoms with Gasteiger partial charge in [0.15, 0.2) is 6.61 Å². The summed E-state index contributed by atoms with van der Waals surface area (Å²) in [5.74, 6) is -3.40. The summed E-state index contributed by atoms with van der Waals surface area (Å²) in [6.07, 6.45) is -10.3. The molecule has 2 rings (SSSR count). The lowest BCUT2D eigenvalue weighted by Crippen LogP contribution is -2.22. The Hall–Kier alpha value is -3.09. The van der Waals surface area contributed by atoms with E-state index in [1.165, 1.54) is 11.4 Å². The fourth-order valence-corrected chi connectivity index (χ4v) is 2.86. The van der Waals surface area contributed by atoms with Gasteiger partial charge in [-0.15, -0.1) is 11.3 Å². The van der Waals surface area contributed by atoms with Gasteiger partial charge in [-0.1, -0.05) is 0 Å². The van der Waals surface area contributed by atoms with E-state index in [-0.39, 0.29) is 28.8 Å². The maximum Gasteiger partial charge on any atom is 0.416 e. The molecular weight excluding hydrogens is 430 g/mol. The monoisotopic (exact) mass is 440 g/mol. The number of carbonyl (C=O) groups excluding carboxylic acids is 3. The zero-order chi connectivity index (χ0) is 22.0. The molecule has 3 N–H and O–H groups in total. The average Bonchev–Trinajstić information content (AvgIpc) is 3.06. The number of hydrogen-bond acceptors (Lipinski definition) is 5. The fraction of sp³-hybridized carbons (Fsp3) is 0.188. The van der Waals surface area contributed by atoms with Crippen molar-refractivity contribution in [3.63, 3.8) is 0 Å². The summed E-state index contributed by atoms with van der Waals surface area (Å²) < 4.78 is 81.3. The van der Waals surface area contributed by atoms with Crippen molar-refractivity contribution in [2.45, 2.75) is 12.4 Å². The number of nitrogens with two attached hydrogens (primary N) is 1. The number of amides is 2. The predicted octanol–water partition coefficient (Wildman–Crippen LogP) is 3.68. The van der Waals surface area contributed by atoms with E-state index in [9.17, 15) is 40.7 Å². The largest absolute Gasteiger partial charge is 0.452 e. The number of benzene rings is 1.